The SMILES string of the molecule is CCCNC(=O)c1ccc(C)c(Nc2ncnn3cc(C(=O)N(CCC)C(=O)OCOC(=O)CCC=O)c(C)c23)c1. The van der Waals surface area contributed by atoms with E-state index >= 15 is 0 Å². The van der Waals surface area contributed by atoms with E-state index in [1.165, 1.54) is 17.0 Å². The van der Waals surface area contributed by atoms with E-state index in [1.807, 2.05) is 19.9 Å². The summed E-state index contributed by atoms with van der Waals surface area (Å²) in [5.74, 6) is -1.11. The molecule has 0 unspecified atom stereocenters. The molecule has 0 saturated carbocycles. The number of fused-ring (bicyclic) bond motifs is 1. The number of nitrogens with zero attached hydrogens (tertiary/aromatic N) is 4. The quantitative estimate of drug-likeness (QED) is 0.177. The summed E-state index contributed by atoms with van der Waals surface area (Å²) >= 11 is 0. The lowest BCUT2D eigenvalue weighted by Gasteiger charge is -2.19. The number of hydrogen-bond donors (Lipinski definition) is 2. The molecule has 0 aliphatic rings. The van der Waals surface area contributed by atoms with Crippen LogP contribution in [0.3, 0.4) is 0 Å². The Kier molecular flexibility index (Phi) is 10.9. The van der Waals surface area contributed by atoms with Gasteiger partial charge in [0.2, 0.25) is 6.79 Å². The van der Waals surface area contributed by atoms with E-state index < -0.39 is 24.8 Å². The van der Waals surface area contributed by atoms with E-state index in [0.717, 1.165) is 16.9 Å². The average Bonchev–Trinajstić information content (AvgIpc) is 3.31. The Bertz CT molecular complexity index is 1430. The van der Waals surface area contributed by atoms with Crippen LogP contribution in [0.2, 0.25) is 0 Å². The second kappa shape index (κ2) is 14.5. The molecule has 0 saturated heterocycles. The van der Waals surface area contributed by atoms with Crippen molar-refractivity contribution in [2.24, 2.45) is 0 Å². The summed E-state index contributed by atoms with van der Waals surface area (Å²) in [6.07, 6.45) is 3.56. The summed E-state index contributed by atoms with van der Waals surface area (Å²) in [5.41, 5.74) is 3.24. The van der Waals surface area contributed by atoms with Crippen molar-refractivity contribution < 1.29 is 33.4 Å². The highest BCUT2D eigenvalue weighted by molar-refractivity contribution is 6.05. The van der Waals surface area contributed by atoms with Gasteiger partial charge in [-0.25, -0.2) is 19.2 Å². The molecule has 0 fully saturated rings. The molecule has 3 amide bonds. The fourth-order valence-electron chi connectivity index (χ4n) is 3.95. The van der Waals surface area contributed by atoms with E-state index in [-0.39, 0.29) is 30.9 Å². The second-order valence-electron chi connectivity index (χ2n) is 9.19. The predicted molar refractivity (Wildman–Crippen MR) is 149 cm³/mol. The first-order valence-corrected chi connectivity index (χ1v) is 13.3. The van der Waals surface area contributed by atoms with Crippen molar-refractivity contribution >= 4 is 47.2 Å². The minimum atomic E-state index is -0.979. The number of carbonyl (C=O) groups excluding carboxylic acids is 5. The molecule has 0 spiro atoms. The molecule has 13 nitrogen and oxygen atoms in total. The Morgan fingerprint density at radius 2 is 1.88 bits per heavy atom. The Labute approximate surface area is 237 Å². The topological polar surface area (TPSA) is 161 Å². The van der Waals surface area contributed by atoms with Gasteiger partial charge in [-0.1, -0.05) is 19.9 Å². The van der Waals surface area contributed by atoms with Crippen molar-refractivity contribution in [1.82, 2.24) is 24.8 Å². The monoisotopic (exact) mass is 566 g/mol. The summed E-state index contributed by atoms with van der Waals surface area (Å²) in [7, 11) is 0. The largest absolute Gasteiger partial charge is 0.428 e. The highest BCUT2D eigenvalue weighted by atomic mass is 16.7. The molecule has 218 valence electrons. The molecule has 0 aliphatic carbocycles. The summed E-state index contributed by atoms with van der Waals surface area (Å²) < 4.78 is 11.3. The number of aryl methyl sites for hydroxylation is 2. The van der Waals surface area contributed by atoms with E-state index in [2.05, 4.69) is 20.7 Å². The lowest BCUT2D eigenvalue weighted by molar-refractivity contribution is -0.152. The maximum atomic E-state index is 13.5. The zero-order valence-electron chi connectivity index (χ0n) is 23.6. The van der Waals surface area contributed by atoms with Crippen LogP contribution in [0.25, 0.3) is 5.52 Å². The van der Waals surface area contributed by atoms with Crippen molar-refractivity contribution in [3.8, 4) is 0 Å². The van der Waals surface area contributed by atoms with Gasteiger partial charge < -0.3 is 24.9 Å². The van der Waals surface area contributed by atoms with E-state index in [4.69, 9.17) is 9.47 Å². The minimum absolute atomic E-state index is 0.00620. The summed E-state index contributed by atoms with van der Waals surface area (Å²) in [6.45, 7) is 7.31. The zero-order valence-corrected chi connectivity index (χ0v) is 23.6. The fraction of sp³-hybridized carbons (Fsp3) is 0.393. The molecule has 41 heavy (non-hydrogen) atoms. The van der Waals surface area contributed by atoms with Gasteiger partial charge in [0.15, 0.2) is 5.82 Å². The van der Waals surface area contributed by atoms with Crippen molar-refractivity contribution in [3.63, 3.8) is 0 Å². The third-order valence-corrected chi connectivity index (χ3v) is 6.13. The molecule has 1 aromatic carbocycles. The molecule has 0 aliphatic heterocycles. The molecule has 2 aromatic heterocycles. The van der Waals surface area contributed by atoms with Crippen molar-refractivity contribution in [2.75, 3.05) is 25.2 Å². The first-order chi connectivity index (χ1) is 19.7. The lowest BCUT2D eigenvalue weighted by Crippen LogP contribution is -2.38. The van der Waals surface area contributed by atoms with Crippen LogP contribution < -0.4 is 10.6 Å². The van der Waals surface area contributed by atoms with Gasteiger partial charge in [0.25, 0.3) is 11.8 Å². The van der Waals surface area contributed by atoms with Crippen LogP contribution in [0.1, 0.15) is 71.4 Å². The molecular weight excluding hydrogens is 532 g/mol. The molecular formula is C28H34N6O7. The van der Waals surface area contributed by atoms with Gasteiger partial charge in [0.1, 0.15) is 18.1 Å². The molecule has 2 N–H and O–H groups in total. The van der Waals surface area contributed by atoms with Crippen molar-refractivity contribution in [3.05, 3.63) is 53.0 Å². The number of esters is 1. The number of ether oxygens (including phenoxy) is 2. The molecule has 0 bridgehead atoms. The Balaban J connectivity index is 1.85. The number of aldehydes is 1. The van der Waals surface area contributed by atoms with E-state index in [9.17, 15) is 24.0 Å². The standard InChI is InChI=1S/C28H34N6O7/c1-5-11-29-26(37)20-10-9-18(3)22(14-20)32-25-24-19(4)21(15-34(24)31-16-30-25)27(38)33(12-6-2)28(39)41-17-40-23(36)8-7-13-35/h9-10,13-16H,5-8,11-12,17H2,1-4H3,(H,29,37)(H,30,31,32). The third kappa shape index (κ3) is 7.65. The van der Waals surface area contributed by atoms with Crippen molar-refractivity contribution in [2.45, 2.75) is 53.4 Å². The zero-order chi connectivity index (χ0) is 29.9. The minimum Gasteiger partial charge on any atom is -0.428 e. The molecule has 0 atom stereocenters. The van der Waals surface area contributed by atoms with Crippen LogP contribution in [0, 0.1) is 13.8 Å². The highest BCUT2D eigenvalue weighted by Crippen LogP contribution is 2.28. The first-order valence-electron chi connectivity index (χ1n) is 13.3. The van der Waals surface area contributed by atoms with Crippen LogP contribution in [0.5, 0.6) is 0 Å². The normalized spacial score (nSPS) is 10.6. The smallest absolute Gasteiger partial charge is 0.419 e. The van der Waals surface area contributed by atoms with Crippen LogP contribution in [-0.2, 0) is 19.1 Å². The number of imide groups is 1. The maximum absolute atomic E-state index is 13.5. The number of hydrogen-bond acceptors (Lipinski definition) is 10. The molecule has 0 radical (unpaired) electrons. The highest BCUT2D eigenvalue weighted by Gasteiger charge is 2.28. The van der Waals surface area contributed by atoms with Crippen LogP contribution in [0.4, 0.5) is 16.3 Å². The van der Waals surface area contributed by atoms with E-state index in [0.29, 0.717) is 47.4 Å². The Hall–Kier alpha value is -4.81. The number of nitrogens with one attached hydrogen (secondary N) is 2. The molecule has 3 rings (SSSR count). The molecule has 13 heteroatoms. The maximum Gasteiger partial charge on any atom is 0.419 e. The van der Waals surface area contributed by atoms with E-state index in [1.54, 1.807) is 26.0 Å². The number of rotatable bonds is 13. The number of amides is 3. The predicted octanol–water partition coefficient (Wildman–Crippen LogP) is 3.70. The van der Waals surface area contributed by atoms with Gasteiger partial charge in [0, 0.05) is 37.0 Å². The van der Waals surface area contributed by atoms with Gasteiger partial charge in [-0.2, -0.15) is 5.10 Å². The lowest BCUT2D eigenvalue weighted by atomic mass is 10.1. The molecule has 3 aromatic rings. The van der Waals surface area contributed by atoms with Gasteiger partial charge in [-0.3, -0.25) is 14.4 Å². The van der Waals surface area contributed by atoms with Gasteiger partial charge >= 0.3 is 12.1 Å². The number of aromatic nitrogens is 3. The Morgan fingerprint density at radius 1 is 1.10 bits per heavy atom. The van der Waals surface area contributed by atoms with Crippen molar-refractivity contribution in [1.29, 1.82) is 0 Å². The number of anilines is 2. The van der Waals surface area contributed by atoms with Crippen LogP contribution in [0.15, 0.2) is 30.7 Å². The Morgan fingerprint density at radius 3 is 2.59 bits per heavy atom. The summed E-state index contributed by atoms with van der Waals surface area (Å²) in [5, 5.41) is 10.3. The fourth-order valence-corrected chi connectivity index (χ4v) is 3.95. The van der Waals surface area contributed by atoms with Crippen LogP contribution >= 0.6 is 0 Å². The summed E-state index contributed by atoms with van der Waals surface area (Å²) in [6, 6.07) is 5.30. The van der Waals surface area contributed by atoms with Gasteiger partial charge in [0.05, 0.1) is 12.0 Å². The van der Waals surface area contributed by atoms with Gasteiger partial charge in [-0.15, -0.1) is 0 Å². The van der Waals surface area contributed by atoms with Crippen LogP contribution in [-0.4, -0.2) is 69.5 Å². The average molecular weight is 567 g/mol. The summed E-state index contributed by atoms with van der Waals surface area (Å²) in [4.78, 5) is 65.9. The number of carbonyl (C=O) groups is 5. The molecule has 2 heterocycles. The first kappa shape index (κ1) is 30.7. The third-order valence-electron chi connectivity index (χ3n) is 6.13. The second-order valence-corrected chi connectivity index (χ2v) is 9.19. The van der Waals surface area contributed by atoms with Gasteiger partial charge in [-0.05, 0) is 49.9 Å². The number of benzene rings is 1.